The lowest BCUT2D eigenvalue weighted by atomic mass is 10.2. The zero-order chi connectivity index (χ0) is 17.7. The molecule has 0 bridgehead atoms. The number of hydrogen-bond donors (Lipinski definition) is 3. The fourth-order valence-corrected chi connectivity index (χ4v) is 1.82. The first-order valence-corrected chi connectivity index (χ1v) is 7.59. The van der Waals surface area contributed by atoms with E-state index in [1.807, 2.05) is 19.1 Å². The topological polar surface area (TPSA) is 99.1 Å². The Hall–Kier alpha value is -2.28. The van der Waals surface area contributed by atoms with Gasteiger partial charge in [-0.3, -0.25) is 0 Å². The summed E-state index contributed by atoms with van der Waals surface area (Å²) in [6.07, 6.45) is -1.83. The van der Waals surface area contributed by atoms with Crippen molar-refractivity contribution in [3.8, 4) is 0 Å². The van der Waals surface area contributed by atoms with Crippen LogP contribution < -0.4 is 5.32 Å². The molecular weight excluding hydrogens is 300 g/mol. The van der Waals surface area contributed by atoms with Crippen molar-refractivity contribution in [2.75, 3.05) is 38.1 Å². The van der Waals surface area contributed by atoms with E-state index in [0.717, 1.165) is 31.9 Å². The molecule has 0 radical (unpaired) electrons. The SMILES string of the molecule is CCNc1ccc(C(=O)OCCN(CC)CC)cc1.O=C(O)O. The first kappa shape index (κ1) is 20.7. The van der Waals surface area contributed by atoms with Gasteiger partial charge in [-0.15, -0.1) is 0 Å². The monoisotopic (exact) mass is 326 g/mol. The van der Waals surface area contributed by atoms with Crippen LogP contribution in [0.25, 0.3) is 0 Å². The molecule has 130 valence electrons. The number of esters is 1. The Labute approximate surface area is 136 Å². The summed E-state index contributed by atoms with van der Waals surface area (Å²) >= 11 is 0. The molecule has 3 N–H and O–H groups in total. The number of nitrogens with zero attached hydrogens (tertiary/aromatic N) is 1. The van der Waals surface area contributed by atoms with Crippen LogP contribution in [0.2, 0.25) is 0 Å². The van der Waals surface area contributed by atoms with Gasteiger partial charge in [-0.05, 0) is 44.3 Å². The van der Waals surface area contributed by atoms with Crippen LogP contribution in [0.3, 0.4) is 0 Å². The van der Waals surface area contributed by atoms with Crippen molar-refractivity contribution in [3.05, 3.63) is 29.8 Å². The van der Waals surface area contributed by atoms with Gasteiger partial charge in [-0.25, -0.2) is 9.59 Å². The smallest absolute Gasteiger partial charge is 0.461 e. The van der Waals surface area contributed by atoms with Gasteiger partial charge >= 0.3 is 12.1 Å². The summed E-state index contributed by atoms with van der Waals surface area (Å²) in [5.74, 6) is -0.254. The lowest BCUT2D eigenvalue weighted by Gasteiger charge is -2.17. The maximum absolute atomic E-state index is 11.8. The summed E-state index contributed by atoms with van der Waals surface area (Å²) in [5, 5.41) is 17.1. The number of carbonyl (C=O) groups excluding carboxylic acids is 1. The third kappa shape index (κ3) is 10.1. The van der Waals surface area contributed by atoms with Gasteiger partial charge in [0.25, 0.3) is 0 Å². The molecule has 23 heavy (non-hydrogen) atoms. The normalized spacial score (nSPS) is 9.74. The molecule has 0 aliphatic heterocycles. The lowest BCUT2D eigenvalue weighted by Crippen LogP contribution is -2.27. The lowest BCUT2D eigenvalue weighted by molar-refractivity contribution is 0.0466. The minimum atomic E-state index is -1.83. The molecule has 1 aromatic carbocycles. The zero-order valence-electron chi connectivity index (χ0n) is 13.9. The van der Waals surface area contributed by atoms with Crippen LogP contribution in [-0.2, 0) is 4.74 Å². The number of benzene rings is 1. The number of hydrogen-bond acceptors (Lipinski definition) is 5. The van der Waals surface area contributed by atoms with Crippen molar-refractivity contribution in [1.29, 1.82) is 0 Å². The largest absolute Gasteiger partial charge is 0.503 e. The Morgan fingerprint density at radius 3 is 2.04 bits per heavy atom. The Balaban J connectivity index is 0.00000108. The fraction of sp³-hybridized carbons (Fsp3) is 0.500. The van der Waals surface area contributed by atoms with Gasteiger partial charge in [-0.2, -0.15) is 0 Å². The summed E-state index contributed by atoms with van der Waals surface area (Å²) in [6, 6.07) is 7.37. The predicted octanol–water partition coefficient (Wildman–Crippen LogP) is 2.84. The summed E-state index contributed by atoms with van der Waals surface area (Å²) in [6.45, 7) is 10.3. The van der Waals surface area contributed by atoms with Crippen molar-refractivity contribution in [1.82, 2.24) is 4.90 Å². The molecule has 0 aromatic heterocycles. The standard InChI is InChI=1S/C15H24N2O2.CH2O3/c1-4-16-14-9-7-13(8-10-14)15(18)19-12-11-17(5-2)6-3;2-1(3)4/h7-10,16H,4-6,11-12H2,1-3H3;(H2,2,3,4). The third-order valence-electron chi connectivity index (χ3n) is 3.04. The average molecular weight is 326 g/mol. The number of carboxylic acid groups (broad SMARTS) is 2. The second-order valence-corrected chi connectivity index (χ2v) is 4.55. The highest BCUT2D eigenvalue weighted by Crippen LogP contribution is 2.10. The highest BCUT2D eigenvalue weighted by molar-refractivity contribution is 5.89. The third-order valence-corrected chi connectivity index (χ3v) is 3.04. The number of likely N-dealkylation sites (N-methyl/N-ethyl adjacent to an activating group) is 1. The Bertz CT molecular complexity index is 454. The number of rotatable bonds is 8. The summed E-state index contributed by atoms with van der Waals surface area (Å²) < 4.78 is 5.26. The van der Waals surface area contributed by atoms with Crippen LogP contribution in [0, 0.1) is 0 Å². The molecule has 0 heterocycles. The Morgan fingerprint density at radius 2 is 1.61 bits per heavy atom. The molecule has 0 atom stereocenters. The highest BCUT2D eigenvalue weighted by atomic mass is 16.6. The molecule has 1 aromatic rings. The molecular formula is C16H26N2O5. The van der Waals surface area contributed by atoms with E-state index in [-0.39, 0.29) is 5.97 Å². The van der Waals surface area contributed by atoms with Gasteiger partial charge in [0.1, 0.15) is 6.61 Å². The number of ether oxygens (including phenoxy) is 1. The second kappa shape index (κ2) is 12.3. The van der Waals surface area contributed by atoms with E-state index in [1.165, 1.54) is 0 Å². The zero-order valence-corrected chi connectivity index (χ0v) is 13.9. The second-order valence-electron chi connectivity index (χ2n) is 4.55. The molecule has 0 aliphatic carbocycles. The molecule has 7 heteroatoms. The van der Waals surface area contributed by atoms with E-state index in [4.69, 9.17) is 19.7 Å². The maximum Gasteiger partial charge on any atom is 0.503 e. The average Bonchev–Trinajstić information content (AvgIpc) is 2.52. The molecule has 0 fully saturated rings. The first-order chi connectivity index (χ1) is 10.9. The Morgan fingerprint density at radius 1 is 1.09 bits per heavy atom. The van der Waals surface area contributed by atoms with Gasteiger partial charge < -0.3 is 25.2 Å². The van der Waals surface area contributed by atoms with Crippen molar-refractivity contribution < 1.29 is 24.5 Å². The summed E-state index contributed by atoms with van der Waals surface area (Å²) in [7, 11) is 0. The van der Waals surface area contributed by atoms with Crippen molar-refractivity contribution in [3.63, 3.8) is 0 Å². The van der Waals surface area contributed by atoms with E-state index in [9.17, 15) is 4.79 Å². The maximum atomic E-state index is 11.8. The number of carbonyl (C=O) groups is 2. The van der Waals surface area contributed by atoms with E-state index in [2.05, 4.69) is 24.1 Å². The minimum absolute atomic E-state index is 0.254. The summed E-state index contributed by atoms with van der Waals surface area (Å²) in [4.78, 5) is 22.6. The molecule has 0 amide bonds. The predicted molar refractivity (Wildman–Crippen MR) is 89.3 cm³/mol. The fourth-order valence-electron chi connectivity index (χ4n) is 1.82. The molecule has 0 spiro atoms. The van der Waals surface area contributed by atoms with Crippen LogP contribution in [0.5, 0.6) is 0 Å². The van der Waals surface area contributed by atoms with Crippen LogP contribution in [0.1, 0.15) is 31.1 Å². The van der Waals surface area contributed by atoms with Crippen molar-refractivity contribution in [2.45, 2.75) is 20.8 Å². The van der Waals surface area contributed by atoms with Gasteiger partial charge in [-0.1, -0.05) is 13.8 Å². The highest BCUT2D eigenvalue weighted by Gasteiger charge is 2.07. The molecule has 0 saturated heterocycles. The van der Waals surface area contributed by atoms with E-state index in [1.54, 1.807) is 12.1 Å². The first-order valence-electron chi connectivity index (χ1n) is 7.59. The van der Waals surface area contributed by atoms with E-state index < -0.39 is 6.16 Å². The van der Waals surface area contributed by atoms with Crippen molar-refractivity contribution >= 4 is 17.8 Å². The van der Waals surface area contributed by atoms with E-state index in [0.29, 0.717) is 12.2 Å². The Kier molecular flexibility index (Phi) is 11.1. The molecule has 0 unspecified atom stereocenters. The van der Waals surface area contributed by atoms with Crippen molar-refractivity contribution in [2.24, 2.45) is 0 Å². The minimum Gasteiger partial charge on any atom is -0.461 e. The molecule has 0 saturated carbocycles. The van der Waals surface area contributed by atoms with Gasteiger partial charge in [0.2, 0.25) is 0 Å². The molecule has 1 rings (SSSR count). The van der Waals surface area contributed by atoms with Crippen LogP contribution in [-0.4, -0.2) is 60.0 Å². The van der Waals surface area contributed by atoms with Crippen LogP contribution in [0.4, 0.5) is 10.5 Å². The summed E-state index contributed by atoms with van der Waals surface area (Å²) in [5.41, 5.74) is 1.61. The molecule has 0 aliphatic rings. The van der Waals surface area contributed by atoms with Gasteiger partial charge in [0, 0.05) is 18.8 Å². The van der Waals surface area contributed by atoms with E-state index >= 15 is 0 Å². The van der Waals surface area contributed by atoms with Crippen LogP contribution in [0.15, 0.2) is 24.3 Å². The molecule has 7 nitrogen and oxygen atoms in total. The number of nitrogens with one attached hydrogen (secondary N) is 1. The quantitative estimate of drug-likeness (QED) is 0.632. The number of anilines is 1. The van der Waals surface area contributed by atoms with Crippen LogP contribution >= 0.6 is 0 Å². The van der Waals surface area contributed by atoms with Gasteiger partial charge in [0.15, 0.2) is 0 Å². The van der Waals surface area contributed by atoms with Gasteiger partial charge in [0.05, 0.1) is 5.56 Å².